The number of nitrogens with zero attached hydrogens (tertiary/aromatic N) is 1. The highest BCUT2D eigenvalue weighted by atomic mass is 32.2. The number of hydrogen-bond donors (Lipinski definition) is 1. The molecule has 0 bridgehead atoms. The molecule has 114 valence electrons. The number of hydrogen-bond acceptors (Lipinski definition) is 4. The van der Waals surface area contributed by atoms with Crippen LogP contribution in [0.5, 0.6) is 0 Å². The van der Waals surface area contributed by atoms with Crippen LogP contribution in [-0.2, 0) is 21.4 Å². The zero-order chi connectivity index (χ0) is 15.3. The average molecular weight is 309 g/mol. The van der Waals surface area contributed by atoms with Gasteiger partial charge in [-0.05, 0) is 17.7 Å². The summed E-state index contributed by atoms with van der Waals surface area (Å²) >= 11 is 0. The molecule has 1 rings (SSSR count). The lowest BCUT2D eigenvalue weighted by molar-refractivity contribution is 0.180. The van der Waals surface area contributed by atoms with Gasteiger partial charge in [-0.3, -0.25) is 0 Å². The summed E-state index contributed by atoms with van der Waals surface area (Å²) in [6, 6.07) is 1.70. The molecular formula is C12H17F2NO4S. The fourth-order valence-corrected chi connectivity index (χ4v) is 3.23. The van der Waals surface area contributed by atoms with E-state index in [1.807, 2.05) is 0 Å². The summed E-state index contributed by atoms with van der Waals surface area (Å²) in [7, 11) is -2.77. The minimum atomic E-state index is -4.18. The number of aliphatic hydroxyl groups is 1. The molecule has 0 aliphatic heterocycles. The molecule has 20 heavy (non-hydrogen) atoms. The third-order valence-corrected chi connectivity index (χ3v) is 4.73. The largest absolute Gasteiger partial charge is 0.392 e. The lowest BCUT2D eigenvalue weighted by atomic mass is 10.2. The smallest absolute Gasteiger partial charge is 0.246 e. The van der Waals surface area contributed by atoms with Crippen molar-refractivity contribution in [3.63, 3.8) is 0 Å². The van der Waals surface area contributed by atoms with E-state index in [0.717, 1.165) is 16.4 Å². The van der Waals surface area contributed by atoms with Crippen molar-refractivity contribution in [2.24, 2.45) is 0 Å². The molecule has 0 aliphatic rings. The highest BCUT2D eigenvalue weighted by molar-refractivity contribution is 7.89. The van der Waals surface area contributed by atoms with Crippen molar-refractivity contribution in [3.8, 4) is 0 Å². The van der Waals surface area contributed by atoms with Gasteiger partial charge in [0.1, 0.15) is 4.90 Å². The van der Waals surface area contributed by atoms with Gasteiger partial charge in [0.2, 0.25) is 10.0 Å². The molecule has 0 saturated carbocycles. The van der Waals surface area contributed by atoms with E-state index in [9.17, 15) is 17.2 Å². The number of ether oxygens (including phenoxy) is 1. The number of methoxy groups -OCH3 is 1. The fourth-order valence-electron chi connectivity index (χ4n) is 1.68. The number of sulfonamides is 1. The average Bonchev–Trinajstić information content (AvgIpc) is 2.42. The van der Waals surface area contributed by atoms with Gasteiger partial charge in [0.15, 0.2) is 11.6 Å². The number of benzene rings is 1. The van der Waals surface area contributed by atoms with Gasteiger partial charge in [-0.2, -0.15) is 4.31 Å². The topological polar surface area (TPSA) is 66.8 Å². The van der Waals surface area contributed by atoms with Gasteiger partial charge in [-0.25, -0.2) is 17.2 Å². The van der Waals surface area contributed by atoms with E-state index in [1.54, 1.807) is 6.92 Å². The summed E-state index contributed by atoms with van der Waals surface area (Å²) in [6.45, 7) is 1.26. The Labute approximate surface area is 116 Å². The first-order valence-electron chi connectivity index (χ1n) is 5.96. The monoisotopic (exact) mass is 309 g/mol. The molecule has 5 nitrogen and oxygen atoms in total. The maximum Gasteiger partial charge on any atom is 0.246 e. The standard InChI is InChI=1S/C12H17F2NO4S/c1-3-15(4-5-19-2)20(17,18)11-7-9(8-16)6-10(13)12(11)14/h6-7,16H,3-5,8H2,1-2H3. The van der Waals surface area contributed by atoms with Crippen LogP contribution in [0.4, 0.5) is 8.78 Å². The molecule has 0 fully saturated rings. The molecule has 0 radical (unpaired) electrons. The predicted molar refractivity (Wildman–Crippen MR) is 68.6 cm³/mol. The van der Waals surface area contributed by atoms with E-state index in [4.69, 9.17) is 9.84 Å². The second-order valence-corrected chi connectivity index (χ2v) is 5.94. The minimum absolute atomic E-state index is 0.00901. The third kappa shape index (κ3) is 3.51. The van der Waals surface area contributed by atoms with Crippen LogP contribution in [-0.4, -0.2) is 44.6 Å². The van der Waals surface area contributed by atoms with Crippen molar-refractivity contribution in [1.29, 1.82) is 0 Å². The zero-order valence-electron chi connectivity index (χ0n) is 11.3. The van der Waals surface area contributed by atoms with Crippen molar-refractivity contribution < 1.29 is 27.0 Å². The second kappa shape index (κ2) is 7.07. The number of likely N-dealkylation sites (N-methyl/N-ethyl adjacent to an activating group) is 1. The van der Waals surface area contributed by atoms with E-state index in [1.165, 1.54) is 7.11 Å². The molecule has 0 saturated heterocycles. The Morgan fingerprint density at radius 1 is 1.35 bits per heavy atom. The molecule has 1 aromatic carbocycles. The molecule has 8 heteroatoms. The third-order valence-electron chi connectivity index (χ3n) is 2.75. The predicted octanol–water partition coefficient (Wildman–Crippen LogP) is 1.11. The van der Waals surface area contributed by atoms with Crippen molar-refractivity contribution in [1.82, 2.24) is 4.31 Å². The van der Waals surface area contributed by atoms with Crippen molar-refractivity contribution in [2.45, 2.75) is 18.4 Å². The molecule has 0 amide bonds. The van der Waals surface area contributed by atoms with E-state index in [-0.39, 0.29) is 25.3 Å². The highest BCUT2D eigenvalue weighted by Gasteiger charge is 2.28. The van der Waals surface area contributed by atoms with Crippen molar-refractivity contribution in [2.75, 3.05) is 26.8 Å². The van der Waals surface area contributed by atoms with Gasteiger partial charge < -0.3 is 9.84 Å². The zero-order valence-corrected chi connectivity index (χ0v) is 12.1. The Balaban J connectivity index is 3.29. The molecule has 0 heterocycles. The van der Waals surface area contributed by atoms with Crippen molar-refractivity contribution in [3.05, 3.63) is 29.3 Å². The maximum absolute atomic E-state index is 13.7. The molecule has 1 N–H and O–H groups in total. The molecular weight excluding hydrogens is 292 g/mol. The van der Waals surface area contributed by atoms with Crippen LogP contribution < -0.4 is 0 Å². The molecule has 0 aliphatic carbocycles. The highest BCUT2D eigenvalue weighted by Crippen LogP contribution is 2.23. The lowest BCUT2D eigenvalue weighted by Gasteiger charge is -2.20. The molecule has 0 atom stereocenters. The Kier molecular flexibility index (Phi) is 6.00. The van der Waals surface area contributed by atoms with Gasteiger partial charge in [-0.1, -0.05) is 6.92 Å². The van der Waals surface area contributed by atoms with Crippen LogP contribution in [0.15, 0.2) is 17.0 Å². The van der Waals surface area contributed by atoms with Crippen LogP contribution in [0.25, 0.3) is 0 Å². The quantitative estimate of drug-likeness (QED) is 0.819. The fraction of sp³-hybridized carbons (Fsp3) is 0.500. The summed E-state index contributed by atoms with van der Waals surface area (Å²) < 4.78 is 57.5. The Morgan fingerprint density at radius 3 is 2.50 bits per heavy atom. The summed E-state index contributed by atoms with van der Waals surface area (Å²) in [4.78, 5) is -0.778. The van der Waals surface area contributed by atoms with E-state index in [0.29, 0.717) is 0 Å². The number of aliphatic hydroxyl groups excluding tert-OH is 1. The number of halogens is 2. The normalized spacial score (nSPS) is 12.1. The maximum atomic E-state index is 13.7. The Hall–Kier alpha value is -1.09. The Bertz CT molecular complexity index is 563. The van der Waals surface area contributed by atoms with Crippen molar-refractivity contribution >= 4 is 10.0 Å². The van der Waals surface area contributed by atoms with Crippen LogP contribution in [0.3, 0.4) is 0 Å². The Morgan fingerprint density at radius 2 is 2.00 bits per heavy atom. The summed E-state index contributed by atoms with van der Waals surface area (Å²) in [6.07, 6.45) is 0. The minimum Gasteiger partial charge on any atom is -0.392 e. The first-order valence-corrected chi connectivity index (χ1v) is 7.40. The van der Waals surface area contributed by atoms with Gasteiger partial charge in [0, 0.05) is 20.2 Å². The second-order valence-electron chi connectivity index (χ2n) is 4.04. The molecule has 0 aromatic heterocycles. The van der Waals surface area contributed by atoms with Gasteiger partial charge in [-0.15, -0.1) is 0 Å². The molecule has 1 aromatic rings. The van der Waals surface area contributed by atoms with Crippen LogP contribution in [0.2, 0.25) is 0 Å². The molecule has 0 unspecified atom stereocenters. The first kappa shape index (κ1) is 17.0. The SMILES string of the molecule is CCN(CCOC)S(=O)(=O)c1cc(CO)cc(F)c1F. The first-order chi connectivity index (χ1) is 9.38. The molecule has 0 spiro atoms. The summed E-state index contributed by atoms with van der Waals surface area (Å²) in [5.41, 5.74) is -0.00901. The van der Waals surface area contributed by atoms with E-state index >= 15 is 0 Å². The summed E-state index contributed by atoms with van der Waals surface area (Å²) in [5, 5.41) is 8.96. The van der Waals surface area contributed by atoms with E-state index < -0.39 is 33.2 Å². The van der Waals surface area contributed by atoms with Crippen LogP contribution in [0.1, 0.15) is 12.5 Å². The van der Waals surface area contributed by atoms with Crippen LogP contribution >= 0.6 is 0 Å². The summed E-state index contributed by atoms with van der Waals surface area (Å²) in [5.74, 6) is -2.75. The number of rotatable bonds is 7. The van der Waals surface area contributed by atoms with Crippen LogP contribution in [0, 0.1) is 11.6 Å². The van der Waals surface area contributed by atoms with E-state index in [2.05, 4.69) is 0 Å². The van der Waals surface area contributed by atoms with Gasteiger partial charge in [0.05, 0.1) is 13.2 Å². The van der Waals surface area contributed by atoms with Gasteiger partial charge >= 0.3 is 0 Å². The van der Waals surface area contributed by atoms with Gasteiger partial charge in [0.25, 0.3) is 0 Å². The lowest BCUT2D eigenvalue weighted by Crippen LogP contribution is -2.34.